The minimum Gasteiger partial charge on any atom is -0.339 e. The van der Waals surface area contributed by atoms with Crippen molar-refractivity contribution in [3.63, 3.8) is 0 Å². The van der Waals surface area contributed by atoms with Crippen LogP contribution in [-0.2, 0) is 22.7 Å². The van der Waals surface area contributed by atoms with Crippen molar-refractivity contribution in [1.29, 1.82) is 0 Å². The molecule has 3 heterocycles. The van der Waals surface area contributed by atoms with E-state index >= 15 is 0 Å². The molecule has 3 aromatic rings. The first kappa shape index (κ1) is 23.7. The molecule has 176 valence electrons. The molecular formula is C23H22ClN5O4S. The molecule has 11 heteroatoms. The van der Waals surface area contributed by atoms with Gasteiger partial charge in [0.1, 0.15) is 4.90 Å². The van der Waals surface area contributed by atoms with E-state index in [4.69, 9.17) is 11.6 Å². The first-order valence-electron chi connectivity index (χ1n) is 10.5. The number of sulfone groups is 1. The van der Waals surface area contributed by atoms with Crippen molar-refractivity contribution in [2.75, 3.05) is 11.1 Å². The van der Waals surface area contributed by atoms with Crippen LogP contribution in [0.5, 0.6) is 0 Å². The van der Waals surface area contributed by atoms with E-state index in [1.165, 1.54) is 0 Å². The number of hydrogen-bond donors (Lipinski definition) is 2. The molecule has 0 amide bonds. The van der Waals surface area contributed by atoms with Crippen molar-refractivity contribution in [2.45, 2.75) is 31.1 Å². The summed E-state index contributed by atoms with van der Waals surface area (Å²) in [6.45, 7) is 5.68. The summed E-state index contributed by atoms with van der Waals surface area (Å²) in [6.07, 6.45) is 6.51. The Kier molecular flexibility index (Phi) is 6.80. The molecule has 1 aromatic carbocycles. The number of nitrogens with zero attached hydrogens (tertiary/aromatic N) is 3. The zero-order valence-electron chi connectivity index (χ0n) is 18.3. The van der Waals surface area contributed by atoms with Crippen LogP contribution in [0.25, 0.3) is 11.4 Å². The summed E-state index contributed by atoms with van der Waals surface area (Å²) >= 11 is 6.13. The zero-order valence-corrected chi connectivity index (χ0v) is 19.9. The number of aryl methyl sites for hydroxylation is 1. The van der Waals surface area contributed by atoms with Crippen LogP contribution < -0.4 is 11.1 Å². The number of halogens is 1. The molecule has 0 aliphatic carbocycles. The predicted octanol–water partition coefficient (Wildman–Crippen LogP) is 3.86. The van der Waals surface area contributed by atoms with Crippen LogP contribution in [0.15, 0.2) is 74.6 Å². The van der Waals surface area contributed by atoms with E-state index in [1.54, 1.807) is 36.4 Å². The first-order chi connectivity index (χ1) is 16.2. The van der Waals surface area contributed by atoms with E-state index in [9.17, 15) is 13.2 Å². The monoisotopic (exact) mass is 499 g/mol. The third-order valence-electron chi connectivity index (χ3n) is 5.12. The van der Waals surface area contributed by atoms with Gasteiger partial charge in [-0.15, -0.1) is 0 Å². The normalized spacial score (nSPS) is 15.6. The molecule has 2 aromatic heterocycles. The van der Waals surface area contributed by atoms with E-state index < -0.39 is 15.6 Å². The quantitative estimate of drug-likeness (QED) is 0.468. The van der Waals surface area contributed by atoms with Crippen LogP contribution in [0.4, 0.5) is 5.82 Å². The average molecular weight is 500 g/mol. The predicted molar refractivity (Wildman–Crippen MR) is 129 cm³/mol. The van der Waals surface area contributed by atoms with Gasteiger partial charge < -0.3 is 5.32 Å². The molecule has 0 unspecified atom stereocenters. The molecule has 0 saturated carbocycles. The second-order valence-corrected chi connectivity index (χ2v) is 10.3. The van der Waals surface area contributed by atoms with E-state index in [2.05, 4.69) is 36.5 Å². The SMILES string of the molecule is C=C/C(=C\C=C(/C)Cc1noc(=O)[nH]1)Nc1nc(-c2cccc(Cl)c2)nc2c1S(=O)(=O)CCC2. The molecule has 0 bridgehead atoms. The summed E-state index contributed by atoms with van der Waals surface area (Å²) < 4.78 is 30.3. The summed E-state index contributed by atoms with van der Waals surface area (Å²) in [5.41, 5.74) is 2.57. The Morgan fingerprint density at radius 3 is 2.85 bits per heavy atom. The number of rotatable bonds is 7. The largest absolute Gasteiger partial charge is 0.438 e. The van der Waals surface area contributed by atoms with Gasteiger partial charge in [0, 0.05) is 22.7 Å². The lowest BCUT2D eigenvalue weighted by Gasteiger charge is -2.20. The zero-order chi connectivity index (χ0) is 24.3. The van der Waals surface area contributed by atoms with Crippen molar-refractivity contribution >= 4 is 27.3 Å². The molecule has 0 radical (unpaired) electrons. The summed E-state index contributed by atoms with van der Waals surface area (Å²) in [5.74, 6) is 0.402. The highest BCUT2D eigenvalue weighted by molar-refractivity contribution is 7.91. The van der Waals surface area contributed by atoms with Gasteiger partial charge in [0.2, 0.25) is 0 Å². The Morgan fingerprint density at radius 1 is 1.32 bits per heavy atom. The fraction of sp³-hybridized carbons (Fsp3) is 0.217. The molecule has 0 fully saturated rings. The van der Waals surface area contributed by atoms with Crippen molar-refractivity contribution < 1.29 is 12.9 Å². The number of aromatic nitrogens is 4. The number of aromatic amines is 1. The number of nitrogens with one attached hydrogen (secondary N) is 2. The van der Waals surface area contributed by atoms with Crippen LogP contribution in [0, 0.1) is 0 Å². The van der Waals surface area contributed by atoms with Gasteiger partial charge in [-0.2, -0.15) is 0 Å². The lowest BCUT2D eigenvalue weighted by Crippen LogP contribution is -2.21. The Balaban J connectivity index is 1.72. The van der Waals surface area contributed by atoms with Crippen molar-refractivity contribution in [1.82, 2.24) is 20.1 Å². The Morgan fingerprint density at radius 2 is 2.15 bits per heavy atom. The fourth-order valence-electron chi connectivity index (χ4n) is 3.56. The maximum absolute atomic E-state index is 12.9. The highest BCUT2D eigenvalue weighted by atomic mass is 35.5. The van der Waals surface area contributed by atoms with Gasteiger partial charge >= 0.3 is 5.76 Å². The Labute approximate surface area is 201 Å². The van der Waals surface area contributed by atoms with Crippen LogP contribution >= 0.6 is 11.6 Å². The highest BCUT2D eigenvalue weighted by Gasteiger charge is 2.30. The highest BCUT2D eigenvalue weighted by Crippen LogP contribution is 2.33. The van der Waals surface area contributed by atoms with Crippen molar-refractivity contribution in [2.24, 2.45) is 0 Å². The lowest BCUT2D eigenvalue weighted by molar-refractivity contribution is 0.382. The first-order valence-corrected chi connectivity index (χ1v) is 12.5. The Bertz CT molecular complexity index is 1470. The van der Waals surface area contributed by atoms with Gasteiger partial charge in [-0.25, -0.2) is 23.2 Å². The van der Waals surface area contributed by atoms with Crippen molar-refractivity contribution in [3.05, 3.63) is 87.4 Å². The van der Waals surface area contributed by atoms with E-state index in [0.717, 1.165) is 5.57 Å². The molecule has 0 atom stereocenters. The number of fused-ring (bicyclic) bond motifs is 1. The molecule has 34 heavy (non-hydrogen) atoms. The van der Waals surface area contributed by atoms with E-state index in [1.807, 2.05) is 13.0 Å². The number of hydrogen-bond acceptors (Lipinski definition) is 8. The van der Waals surface area contributed by atoms with Gasteiger partial charge in [-0.3, -0.25) is 9.51 Å². The fourth-order valence-corrected chi connectivity index (χ4v) is 5.37. The minimum absolute atomic E-state index is 0.0383. The molecule has 2 N–H and O–H groups in total. The molecule has 1 aliphatic heterocycles. The molecule has 0 saturated heterocycles. The van der Waals surface area contributed by atoms with Gasteiger partial charge in [0.15, 0.2) is 27.3 Å². The van der Waals surface area contributed by atoms with Crippen LogP contribution in [0.3, 0.4) is 0 Å². The average Bonchev–Trinajstić information content (AvgIpc) is 3.20. The minimum atomic E-state index is -3.55. The van der Waals surface area contributed by atoms with E-state index in [-0.39, 0.29) is 16.5 Å². The number of anilines is 1. The second kappa shape index (κ2) is 9.78. The van der Waals surface area contributed by atoms with Crippen LogP contribution in [0.1, 0.15) is 24.9 Å². The van der Waals surface area contributed by atoms with Gasteiger partial charge in [0.25, 0.3) is 0 Å². The van der Waals surface area contributed by atoms with Gasteiger partial charge in [-0.05, 0) is 44.1 Å². The topological polar surface area (TPSA) is 131 Å². The molecule has 4 rings (SSSR count). The Hall–Kier alpha value is -3.50. The molecule has 1 aliphatic rings. The second-order valence-electron chi connectivity index (χ2n) is 7.79. The summed E-state index contributed by atoms with van der Waals surface area (Å²) in [4.78, 5) is 22.8. The van der Waals surface area contributed by atoms with Crippen molar-refractivity contribution in [3.8, 4) is 11.4 Å². The third kappa shape index (κ3) is 5.35. The summed E-state index contributed by atoms with van der Waals surface area (Å²) in [7, 11) is -3.55. The number of allylic oxidation sites excluding steroid dienone is 4. The summed E-state index contributed by atoms with van der Waals surface area (Å²) in [5, 5.41) is 7.28. The molecule has 0 spiro atoms. The standard InChI is InChI=1S/C23H22ClN5O4S/c1-3-17(10-9-14(2)12-19-27-23(30)33-29-19)25-22-20-18(8-5-11-34(20,31)32)26-21(28-22)15-6-4-7-16(24)13-15/h3-4,6-7,9-10,13H,1,5,8,11-12H2,2H3,(H,25,26,28)(H,27,29,30)/b14-9+,17-10+. The molecule has 9 nitrogen and oxygen atoms in total. The van der Waals surface area contributed by atoms with E-state index in [0.29, 0.717) is 52.9 Å². The lowest BCUT2D eigenvalue weighted by atomic mass is 10.1. The maximum atomic E-state index is 12.9. The maximum Gasteiger partial charge on any atom is 0.438 e. The van der Waals surface area contributed by atoms with Crippen LogP contribution in [-0.4, -0.2) is 34.3 Å². The summed E-state index contributed by atoms with van der Waals surface area (Å²) in [6, 6.07) is 7.08. The van der Waals surface area contributed by atoms with Crippen LogP contribution in [0.2, 0.25) is 5.02 Å². The third-order valence-corrected chi connectivity index (χ3v) is 7.23. The van der Waals surface area contributed by atoms with Gasteiger partial charge in [0.05, 0.1) is 11.4 Å². The molecular weight excluding hydrogens is 478 g/mol. The van der Waals surface area contributed by atoms with Gasteiger partial charge in [-0.1, -0.05) is 47.1 Å². The smallest absolute Gasteiger partial charge is 0.339 e. The number of H-pyrrole nitrogens is 1. The number of benzene rings is 1.